The van der Waals surface area contributed by atoms with Gasteiger partial charge in [-0.1, -0.05) is 15.9 Å². The van der Waals surface area contributed by atoms with Gasteiger partial charge in [-0.2, -0.15) is 0 Å². The minimum absolute atomic E-state index is 0.749. The number of furan rings is 1. The van der Waals surface area contributed by atoms with Crippen molar-refractivity contribution in [2.75, 3.05) is 40.4 Å². The Morgan fingerprint density at radius 2 is 1.68 bits per heavy atom. The smallest absolute Gasteiger partial charge is 0.161 e. The van der Waals surface area contributed by atoms with E-state index >= 15 is 0 Å². The minimum atomic E-state index is 0.749. The topological polar surface area (TPSA) is 38.1 Å². The van der Waals surface area contributed by atoms with Crippen LogP contribution in [-0.2, 0) is 13.1 Å². The molecule has 25 heavy (non-hydrogen) atoms. The van der Waals surface area contributed by atoms with Crippen molar-refractivity contribution in [1.29, 1.82) is 0 Å². The van der Waals surface area contributed by atoms with Crippen molar-refractivity contribution in [1.82, 2.24) is 9.80 Å². The molecule has 3 rings (SSSR count). The summed E-state index contributed by atoms with van der Waals surface area (Å²) in [6.07, 6.45) is 2.90. The van der Waals surface area contributed by atoms with E-state index in [0.29, 0.717) is 0 Å². The van der Waals surface area contributed by atoms with Gasteiger partial charge in [0.15, 0.2) is 11.5 Å². The van der Waals surface area contributed by atoms with Crippen LogP contribution in [0.15, 0.2) is 39.4 Å². The van der Waals surface area contributed by atoms with Crippen molar-refractivity contribution in [3.8, 4) is 11.5 Å². The first-order chi connectivity index (χ1) is 12.2. The molecule has 0 N–H and O–H groups in total. The molecule has 136 valence electrons. The zero-order chi connectivity index (χ0) is 17.6. The normalized spacial score (nSPS) is 16.6. The molecule has 0 bridgehead atoms. The van der Waals surface area contributed by atoms with Crippen LogP contribution in [0.5, 0.6) is 11.5 Å². The number of benzene rings is 1. The number of halogens is 1. The number of nitrogens with zero attached hydrogens (tertiary/aromatic N) is 2. The largest absolute Gasteiger partial charge is 0.493 e. The van der Waals surface area contributed by atoms with Gasteiger partial charge >= 0.3 is 0 Å². The average Bonchev–Trinajstić information content (AvgIpc) is 3.03. The molecule has 1 fully saturated rings. The van der Waals surface area contributed by atoms with E-state index in [4.69, 9.17) is 13.9 Å². The summed E-state index contributed by atoms with van der Waals surface area (Å²) < 4.78 is 17.3. The van der Waals surface area contributed by atoms with Crippen LogP contribution >= 0.6 is 15.9 Å². The van der Waals surface area contributed by atoms with Gasteiger partial charge in [0.25, 0.3) is 0 Å². The third kappa shape index (κ3) is 4.77. The molecule has 0 atom stereocenters. The second kappa shape index (κ2) is 8.74. The van der Waals surface area contributed by atoms with E-state index < -0.39 is 0 Å². The maximum atomic E-state index is 5.48. The quantitative estimate of drug-likeness (QED) is 0.727. The molecule has 0 saturated carbocycles. The van der Waals surface area contributed by atoms with Gasteiger partial charge < -0.3 is 13.9 Å². The van der Waals surface area contributed by atoms with E-state index in [1.807, 2.05) is 18.2 Å². The molecule has 1 saturated heterocycles. The summed E-state index contributed by atoms with van der Waals surface area (Å²) in [5, 5.41) is 0. The Morgan fingerprint density at radius 3 is 2.32 bits per heavy atom. The summed E-state index contributed by atoms with van der Waals surface area (Å²) in [6, 6.07) is 8.04. The molecular weight excluding hydrogens is 384 g/mol. The predicted octanol–water partition coefficient (Wildman–Crippen LogP) is 3.77. The van der Waals surface area contributed by atoms with E-state index in [9.17, 15) is 0 Å². The second-order valence-electron chi connectivity index (χ2n) is 6.28. The Labute approximate surface area is 157 Å². The molecule has 0 radical (unpaired) electrons. The maximum absolute atomic E-state index is 5.48. The van der Waals surface area contributed by atoms with Gasteiger partial charge in [0.1, 0.15) is 5.76 Å². The first-order valence-corrected chi connectivity index (χ1v) is 9.36. The molecule has 2 heterocycles. The van der Waals surface area contributed by atoms with Gasteiger partial charge in [0, 0.05) is 24.1 Å². The predicted molar refractivity (Wildman–Crippen MR) is 101 cm³/mol. The van der Waals surface area contributed by atoms with Crippen LogP contribution in [0.1, 0.15) is 17.7 Å². The Hall–Kier alpha value is -1.50. The van der Waals surface area contributed by atoms with Crippen LogP contribution in [0.25, 0.3) is 0 Å². The standard InChI is InChI=1S/C19H25BrN2O3/c1-23-18-11-15(17(20)12-19(18)24-2)13-21-6-4-7-22(9-8-21)14-16-5-3-10-25-16/h3,5,10-12H,4,6-9,13-14H2,1-2H3. The summed E-state index contributed by atoms with van der Waals surface area (Å²) in [4.78, 5) is 4.95. The lowest BCUT2D eigenvalue weighted by molar-refractivity contribution is 0.234. The molecule has 0 amide bonds. The molecule has 5 nitrogen and oxygen atoms in total. The maximum Gasteiger partial charge on any atom is 0.161 e. The number of ether oxygens (including phenoxy) is 2. The van der Waals surface area contributed by atoms with Gasteiger partial charge in [-0.05, 0) is 49.3 Å². The van der Waals surface area contributed by atoms with Crippen molar-refractivity contribution < 1.29 is 13.9 Å². The summed E-state index contributed by atoms with van der Waals surface area (Å²) in [5.74, 6) is 2.56. The van der Waals surface area contributed by atoms with E-state index in [1.165, 1.54) is 5.56 Å². The summed E-state index contributed by atoms with van der Waals surface area (Å²) in [6.45, 7) is 6.07. The van der Waals surface area contributed by atoms with Crippen molar-refractivity contribution in [2.45, 2.75) is 19.5 Å². The number of methoxy groups -OCH3 is 2. The van der Waals surface area contributed by atoms with E-state index in [2.05, 4.69) is 31.8 Å². The Morgan fingerprint density at radius 1 is 1.00 bits per heavy atom. The second-order valence-corrected chi connectivity index (χ2v) is 7.14. The van der Waals surface area contributed by atoms with Crippen LogP contribution in [0, 0.1) is 0 Å². The lowest BCUT2D eigenvalue weighted by Crippen LogP contribution is -2.30. The third-order valence-corrected chi connectivity index (χ3v) is 5.33. The summed E-state index contributed by atoms with van der Waals surface area (Å²) in [5.41, 5.74) is 1.22. The van der Waals surface area contributed by atoms with E-state index in [1.54, 1.807) is 20.5 Å². The molecule has 1 aliphatic rings. The fourth-order valence-electron chi connectivity index (χ4n) is 3.22. The first-order valence-electron chi connectivity index (χ1n) is 8.57. The fourth-order valence-corrected chi connectivity index (χ4v) is 3.67. The Kier molecular flexibility index (Phi) is 6.39. The molecule has 2 aromatic rings. The highest BCUT2D eigenvalue weighted by Crippen LogP contribution is 2.34. The van der Waals surface area contributed by atoms with Crippen LogP contribution in [-0.4, -0.2) is 50.2 Å². The molecule has 1 aromatic heterocycles. The number of rotatable bonds is 6. The highest BCUT2D eigenvalue weighted by atomic mass is 79.9. The molecule has 6 heteroatoms. The fraction of sp³-hybridized carbons (Fsp3) is 0.474. The molecule has 1 aliphatic heterocycles. The van der Waals surface area contributed by atoms with E-state index in [-0.39, 0.29) is 0 Å². The molecule has 1 aromatic carbocycles. The van der Waals surface area contributed by atoms with Crippen molar-refractivity contribution in [3.05, 3.63) is 46.3 Å². The minimum Gasteiger partial charge on any atom is -0.493 e. The SMILES string of the molecule is COc1cc(Br)c(CN2CCCN(Cc3ccco3)CC2)cc1OC. The average molecular weight is 409 g/mol. The van der Waals surface area contributed by atoms with Gasteiger partial charge in [0.2, 0.25) is 0 Å². The number of hydrogen-bond acceptors (Lipinski definition) is 5. The van der Waals surface area contributed by atoms with Gasteiger partial charge in [-0.3, -0.25) is 9.80 Å². The summed E-state index contributed by atoms with van der Waals surface area (Å²) >= 11 is 3.66. The van der Waals surface area contributed by atoms with Crippen LogP contribution < -0.4 is 9.47 Å². The Balaban J connectivity index is 1.62. The van der Waals surface area contributed by atoms with Crippen LogP contribution in [0.2, 0.25) is 0 Å². The monoisotopic (exact) mass is 408 g/mol. The first kappa shape index (κ1) is 18.3. The lowest BCUT2D eigenvalue weighted by Gasteiger charge is -2.22. The van der Waals surface area contributed by atoms with Crippen LogP contribution in [0.3, 0.4) is 0 Å². The molecule has 0 aliphatic carbocycles. The van der Waals surface area contributed by atoms with Crippen molar-refractivity contribution >= 4 is 15.9 Å². The van der Waals surface area contributed by atoms with E-state index in [0.717, 1.165) is 67.4 Å². The van der Waals surface area contributed by atoms with Gasteiger partial charge in [0.05, 0.1) is 27.0 Å². The van der Waals surface area contributed by atoms with Crippen LogP contribution in [0.4, 0.5) is 0 Å². The van der Waals surface area contributed by atoms with Gasteiger partial charge in [-0.15, -0.1) is 0 Å². The lowest BCUT2D eigenvalue weighted by atomic mass is 10.2. The third-order valence-electron chi connectivity index (χ3n) is 4.59. The Bertz CT molecular complexity index is 676. The molecular formula is C19H25BrN2O3. The molecule has 0 unspecified atom stereocenters. The zero-order valence-electron chi connectivity index (χ0n) is 14.8. The zero-order valence-corrected chi connectivity index (χ0v) is 16.4. The number of hydrogen-bond donors (Lipinski definition) is 0. The summed E-state index contributed by atoms with van der Waals surface area (Å²) in [7, 11) is 3.33. The molecule has 0 spiro atoms. The van der Waals surface area contributed by atoms with Gasteiger partial charge in [-0.25, -0.2) is 0 Å². The van der Waals surface area contributed by atoms with Crippen molar-refractivity contribution in [2.24, 2.45) is 0 Å². The highest BCUT2D eigenvalue weighted by Gasteiger charge is 2.18. The van der Waals surface area contributed by atoms with Crippen molar-refractivity contribution in [3.63, 3.8) is 0 Å². The highest BCUT2D eigenvalue weighted by molar-refractivity contribution is 9.10.